The van der Waals surface area contributed by atoms with Gasteiger partial charge in [-0.3, -0.25) is 9.52 Å². The Bertz CT molecular complexity index is 1210. The SMILES string of the molecule is Cc1ccc(S(=O)(=O)NC[C@@H]2CCCN(C(=O)/C=C\c3ccc(NS(C)(=O)=O)cc3)C2)cc1. The lowest BCUT2D eigenvalue weighted by atomic mass is 9.98. The van der Waals surface area contributed by atoms with Crippen molar-refractivity contribution in [1.29, 1.82) is 0 Å². The molecular formula is C23H29N3O5S2. The zero-order valence-corrected chi connectivity index (χ0v) is 20.3. The van der Waals surface area contributed by atoms with Gasteiger partial charge in [-0.15, -0.1) is 0 Å². The van der Waals surface area contributed by atoms with E-state index in [1.54, 1.807) is 59.5 Å². The van der Waals surface area contributed by atoms with Crippen LogP contribution in [-0.2, 0) is 24.8 Å². The summed E-state index contributed by atoms with van der Waals surface area (Å²) < 4.78 is 52.7. The van der Waals surface area contributed by atoms with Crippen molar-refractivity contribution in [3.63, 3.8) is 0 Å². The van der Waals surface area contributed by atoms with Gasteiger partial charge in [0.05, 0.1) is 11.2 Å². The Morgan fingerprint density at radius 3 is 2.36 bits per heavy atom. The molecule has 0 saturated carbocycles. The highest BCUT2D eigenvalue weighted by Gasteiger charge is 2.24. The zero-order valence-electron chi connectivity index (χ0n) is 18.7. The van der Waals surface area contributed by atoms with Crippen molar-refractivity contribution in [1.82, 2.24) is 9.62 Å². The summed E-state index contributed by atoms with van der Waals surface area (Å²) in [6.45, 7) is 3.29. The molecule has 8 nitrogen and oxygen atoms in total. The van der Waals surface area contributed by atoms with Gasteiger partial charge in [0.15, 0.2) is 0 Å². The molecule has 1 heterocycles. The van der Waals surface area contributed by atoms with Crippen LogP contribution >= 0.6 is 0 Å². The standard InChI is InChI=1S/C23H29N3O5S2/c1-18-5-12-22(13-6-18)33(30,31)24-16-20-4-3-15-26(17-20)23(27)14-9-19-7-10-21(11-8-19)25-32(2,28)29/h5-14,20,24-25H,3-4,15-17H2,1-2H3/b14-9-/t20-/m0/s1. The minimum absolute atomic E-state index is 0.0395. The van der Waals surface area contributed by atoms with Crippen LogP contribution in [0.5, 0.6) is 0 Å². The number of hydrogen-bond donors (Lipinski definition) is 2. The van der Waals surface area contributed by atoms with Crippen molar-refractivity contribution in [2.75, 3.05) is 30.6 Å². The molecule has 3 rings (SSSR count). The summed E-state index contributed by atoms with van der Waals surface area (Å²) in [6, 6.07) is 13.4. The molecule has 1 atom stereocenters. The Balaban J connectivity index is 1.54. The monoisotopic (exact) mass is 491 g/mol. The predicted molar refractivity (Wildman–Crippen MR) is 130 cm³/mol. The van der Waals surface area contributed by atoms with E-state index in [0.29, 0.717) is 18.8 Å². The topological polar surface area (TPSA) is 113 Å². The first-order valence-corrected chi connectivity index (χ1v) is 14.0. The van der Waals surface area contributed by atoms with Crippen molar-refractivity contribution in [2.24, 2.45) is 5.92 Å². The van der Waals surface area contributed by atoms with E-state index < -0.39 is 20.0 Å². The van der Waals surface area contributed by atoms with Crippen LogP contribution < -0.4 is 9.44 Å². The van der Waals surface area contributed by atoms with Gasteiger partial charge in [-0.2, -0.15) is 0 Å². The molecule has 0 bridgehead atoms. The maximum absolute atomic E-state index is 12.6. The number of benzene rings is 2. The molecule has 0 aromatic heterocycles. The molecule has 33 heavy (non-hydrogen) atoms. The minimum atomic E-state index is -3.59. The second kappa shape index (κ2) is 10.5. The Kier molecular flexibility index (Phi) is 7.93. The van der Waals surface area contributed by atoms with Crippen LogP contribution in [-0.4, -0.2) is 53.5 Å². The Morgan fingerprint density at radius 2 is 1.73 bits per heavy atom. The largest absolute Gasteiger partial charge is 0.339 e. The fourth-order valence-electron chi connectivity index (χ4n) is 3.61. The van der Waals surface area contributed by atoms with Crippen molar-refractivity contribution in [3.05, 3.63) is 65.7 Å². The lowest BCUT2D eigenvalue weighted by molar-refractivity contribution is -0.127. The maximum Gasteiger partial charge on any atom is 0.246 e. The third kappa shape index (κ3) is 7.69. The molecule has 1 amide bonds. The number of hydrogen-bond acceptors (Lipinski definition) is 5. The van der Waals surface area contributed by atoms with Crippen LogP contribution in [0.1, 0.15) is 24.0 Å². The van der Waals surface area contributed by atoms with Gasteiger partial charge in [0.2, 0.25) is 26.0 Å². The molecule has 2 N–H and O–H groups in total. The molecule has 1 fully saturated rings. The van der Waals surface area contributed by atoms with Crippen molar-refractivity contribution in [3.8, 4) is 0 Å². The van der Waals surface area contributed by atoms with Crippen molar-refractivity contribution in [2.45, 2.75) is 24.7 Å². The highest BCUT2D eigenvalue weighted by molar-refractivity contribution is 7.92. The molecule has 1 saturated heterocycles. The highest BCUT2D eigenvalue weighted by Crippen LogP contribution is 2.18. The smallest absolute Gasteiger partial charge is 0.246 e. The molecule has 1 aliphatic rings. The second-order valence-electron chi connectivity index (χ2n) is 8.29. The zero-order chi connectivity index (χ0) is 24.1. The van der Waals surface area contributed by atoms with Crippen LogP contribution in [0.25, 0.3) is 6.08 Å². The first-order chi connectivity index (χ1) is 15.5. The summed E-state index contributed by atoms with van der Waals surface area (Å²) in [7, 11) is -6.92. The van der Waals surface area contributed by atoms with Gasteiger partial charge in [-0.1, -0.05) is 29.8 Å². The first kappa shape index (κ1) is 24.9. The van der Waals surface area contributed by atoms with Crippen LogP contribution in [0.2, 0.25) is 0 Å². The Hall–Kier alpha value is -2.69. The molecular weight excluding hydrogens is 462 g/mol. The molecule has 2 aromatic rings. The third-order valence-corrected chi connectivity index (χ3v) is 7.40. The molecule has 0 spiro atoms. The number of aryl methyl sites for hydroxylation is 1. The average Bonchev–Trinajstić information content (AvgIpc) is 2.76. The molecule has 0 radical (unpaired) electrons. The lowest BCUT2D eigenvalue weighted by Gasteiger charge is -2.32. The number of likely N-dealkylation sites (tertiary alicyclic amines) is 1. The second-order valence-corrected chi connectivity index (χ2v) is 11.8. The number of piperidine rings is 1. The van der Waals surface area contributed by atoms with E-state index in [1.807, 2.05) is 6.92 Å². The Morgan fingerprint density at radius 1 is 1.06 bits per heavy atom. The summed E-state index contributed by atoms with van der Waals surface area (Å²) in [5, 5.41) is 0. The molecule has 2 aromatic carbocycles. The van der Waals surface area contributed by atoms with E-state index in [1.165, 1.54) is 6.08 Å². The summed E-state index contributed by atoms with van der Waals surface area (Å²) >= 11 is 0. The van der Waals surface area contributed by atoms with E-state index in [9.17, 15) is 21.6 Å². The average molecular weight is 492 g/mol. The van der Waals surface area contributed by atoms with E-state index >= 15 is 0 Å². The van der Waals surface area contributed by atoms with Crippen LogP contribution in [0.3, 0.4) is 0 Å². The quantitative estimate of drug-likeness (QED) is 0.551. The Labute approximate surface area is 195 Å². The van der Waals surface area contributed by atoms with E-state index in [0.717, 1.165) is 30.2 Å². The first-order valence-electron chi connectivity index (χ1n) is 10.6. The highest BCUT2D eigenvalue weighted by atomic mass is 32.2. The lowest BCUT2D eigenvalue weighted by Crippen LogP contribution is -2.43. The fraction of sp³-hybridized carbons (Fsp3) is 0.348. The summed E-state index contributed by atoms with van der Waals surface area (Å²) in [6.07, 6.45) is 5.90. The normalized spacial score (nSPS) is 17.3. The molecule has 1 aliphatic heterocycles. The summed E-state index contributed by atoms with van der Waals surface area (Å²) in [5.74, 6) is -0.0999. The number of nitrogens with zero attached hydrogens (tertiary/aromatic N) is 1. The van der Waals surface area contributed by atoms with Gasteiger partial charge in [0.1, 0.15) is 0 Å². The predicted octanol–water partition coefficient (Wildman–Crippen LogP) is 2.60. The number of carbonyl (C=O) groups excluding carboxylic acids is 1. The van der Waals surface area contributed by atoms with Gasteiger partial charge >= 0.3 is 0 Å². The number of sulfonamides is 2. The van der Waals surface area contributed by atoms with Crippen LogP contribution in [0, 0.1) is 12.8 Å². The van der Waals surface area contributed by atoms with Gasteiger partial charge < -0.3 is 4.90 Å². The van der Waals surface area contributed by atoms with E-state index in [-0.39, 0.29) is 23.3 Å². The van der Waals surface area contributed by atoms with E-state index in [2.05, 4.69) is 9.44 Å². The van der Waals surface area contributed by atoms with Crippen molar-refractivity contribution >= 4 is 37.7 Å². The van der Waals surface area contributed by atoms with E-state index in [4.69, 9.17) is 0 Å². The minimum Gasteiger partial charge on any atom is -0.339 e. The summed E-state index contributed by atoms with van der Waals surface area (Å²) in [4.78, 5) is 14.6. The van der Waals surface area contributed by atoms with Gasteiger partial charge in [0, 0.05) is 31.4 Å². The van der Waals surface area contributed by atoms with Crippen LogP contribution in [0.15, 0.2) is 59.5 Å². The van der Waals surface area contributed by atoms with Crippen LogP contribution in [0.4, 0.5) is 5.69 Å². The van der Waals surface area contributed by atoms with Gasteiger partial charge in [-0.25, -0.2) is 21.6 Å². The number of nitrogens with one attached hydrogen (secondary N) is 2. The van der Waals surface area contributed by atoms with Gasteiger partial charge in [-0.05, 0) is 61.6 Å². The molecule has 178 valence electrons. The number of amides is 1. The number of rotatable bonds is 8. The van der Waals surface area contributed by atoms with Gasteiger partial charge in [0.25, 0.3) is 0 Å². The summed E-state index contributed by atoms with van der Waals surface area (Å²) in [5.41, 5.74) is 2.21. The molecule has 0 unspecified atom stereocenters. The fourth-order valence-corrected chi connectivity index (χ4v) is 5.29. The number of anilines is 1. The molecule has 0 aliphatic carbocycles. The maximum atomic E-state index is 12.6. The number of carbonyl (C=O) groups is 1. The van der Waals surface area contributed by atoms with Crippen molar-refractivity contribution < 1.29 is 21.6 Å². The third-order valence-electron chi connectivity index (χ3n) is 5.36. The molecule has 10 heteroatoms.